The van der Waals surface area contributed by atoms with E-state index in [1.807, 2.05) is 0 Å². The third kappa shape index (κ3) is 3.79. The van der Waals surface area contributed by atoms with Crippen molar-refractivity contribution in [2.24, 2.45) is 0 Å². The molecule has 8 nitrogen and oxygen atoms in total. The standard InChI is InChI=1S/C10H13BrN2O6S/c1-6(9(15)16)13-5-7(11)8(14)12(10(13)17)3-4-20(2,18)19/h5-6H,3-4H2,1-2H3,(H,15,16). The second-order valence-electron chi connectivity index (χ2n) is 4.27. The molecule has 1 unspecified atom stereocenters. The Morgan fingerprint density at radius 2 is 2.00 bits per heavy atom. The predicted octanol–water partition coefficient (Wildman–Crippen LogP) is -0.537. The molecule has 1 aromatic rings. The van der Waals surface area contributed by atoms with Crippen LogP contribution in [0.1, 0.15) is 13.0 Å². The third-order valence-electron chi connectivity index (χ3n) is 2.61. The molecule has 1 N–H and O–H groups in total. The first-order valence-electron chi connectivity index (χ1n) is 5.46. The molecule has 0 saturated heterocycles. The van der Waals surface area contributed by atoms with Crippen molar-refractivity contribution in [3.63, 3.8) is 0 Å². The van der Waals surface area contributed by atoms with E-state index in [1.54, 1.807) is 0 Å². The Labute approximate surface area is 122 Å². The largest absolute Gasteiger partial charge is 0.480 e. The molecule has 0 aliphatic rings. The van der Waals surface area contributed by atoms with E-state index in [0.29, 0.717) is 4.57 Å². The molecule has 112 valence electrons. The highest BCUT2D eigenvalue weighted by Crippen LogP contribution is 2.06. The Kier molecular flexibility index (Phi) is 4.92. The van der Waals surface area contributed by atoms with E-state index in [0.717, 1.165) is 17.0 Å². The molecule has 1 heterocycles. The van der Waals surface area contributed by atoms with E-state index in [1.165, 1.54) is 6.92 Å². The van der Waals surface area contributed by atoms with Crippen LogP contribution in [0.25, 0.3) is 0 Å². The van der Waals surface area contributed by atoms with E-state index in [-0.39, 0.29) is 16.8 Å². The average Bonchev–Trinajstić information content (AvgIpc) is 2.31. The molecule has 0 bridgehead atoms. The molecule has 1 aromatic heterocycles. The highest BCUT2D eigenvalue weighted by Gasteiger charge is 2.19. The van der Waals surface area contributed by atoms with Crippen LogP contribution in [-0.2, 0) is 21.2 Å². The van der Waals surface area contributed by atoms with Gasteiger partial charge in [0.05, 0.1) is 10.2 Å². The fourth-order valence-corrected chi connectivity index (χ4v) is 2.39. The highest BCUT2D eigenvalue weighted by molar-refractivity contribution is 9.10. The number of carbonyl (C=O) groups is 1. The molecule has 0 amide bonds. The summed E-state index contributed by atoms with van der Waals surface area (Å²) in [6.45, 7) is 0.948. The Bertz CT molecular complexity index is 748. The monoisotopic (exact) mass is 368 g/mol. The number of aromatic nitrogens is 2. The van der Waals surface area contributed by atoms with Crippen molar-refractivity contribution >= 4 is 31.7 Å². The van der Waals surface area contributed by atoms with Gasteiger partial charge in [0.25, 0.3) is 5.56 Å². The van der Waals surface area contributed by atoms with Crippen molar-refractivity contribution in [2.75, 3.05) is 12.0 Å². The number of nitrogens with zero attached hydrogens (tertiary/aromatic N) is 2. The van der Waals surface area contributed by atoms with Crippen molar-refractivity contribution in [3.05, 3.63) is 31.5 Å². The Balaban J connectivity index is 3.41. The van der Waals surface area contributed by atoms with Crippen LogP contribution < -0.4 is 11.2 Å². The molecule has 0 aromatic carbocycles. The van der Waals surface area contributed by atoms with Crippen molar-refractivity contribution < 1.29 is 18.3 Å². The molecule has 0 aliphatic heterocycles. The summed E-state index contributed by atoms with van der Waals surface area (Å²) >= 11 is 2.93. The molecule has 0 fully saturated rings. The van der Waals surface area contributed by atoms with Gasteiger partial charge in [-0.3, -0.25) is 13.9 Å². The number of halogens is 1. The first kappa shape index (κ1) is 16.6. The molecule has 0 radical (unpaired) electrons. The Hall–Kier alpha value is -1.42. The van der Waals surface area contributed by atoms with Crippen LogP contribution in [0.3, 0.4) is 0 Å². The lowest BCUT2D eigenvalue weighted by Gasteiger charge is -2.13. The van der Waals surface area contributed by atoms with Crippen molar-refractivity contribution in [1.82, 2.24) is 9.13 Å². The molecule has 0 aliphatic carbocycles. The zero-order valence-electron chi connectivity index (χ0n) is 10.7. The quantitative estimate of drug-likeness (QED) is 0.746. The maximum Gasteiger partial charge on any atom is 0.331 e. The van der Waals surface area contributed by atoms with Crippen LogP contribution in [0.15, 0.2) is 20.3 Å². The van der Waals surface area contributed by atoms with Gasteiger partial charge in [-0.25, -0.2) is 18.0 Å². The fourth-order valence-electron chi connectivity index (χ4n) is 1.44. The van der Waals surface area contributed by atoms with Gasteiger partial charge in [-0.2, -0.15) is 0 Å². The average molecular weight is 369 g/mol. The Morgan fingerprint density at radius 3 is 2.45 bits per heavy atom. The van der Waals surface area contributed by atoms with Crippen LogP contribution in [0.2, 0.25) is 0 Å². The normalized spacial score (nSPS) is 13.2. The zero-order valence-corrected chi connectivity index (χ0v) is 13.1. The second kappa shape index (κ2) is 5.92. The van der Waals surface area contributed by atoms with Gasteiger partial charge in [-0.15, -0.1) is 0 Å². The lowest BCUT2D eigenvalue weighted by Crippen LogP contribution is -2.43. The molecule has 20 heavy (non-hydrogen) atoms. The minimum absolute atomic E-state index is 0.0151. The number of rotatable bonds is 5. The number of aliphatic carboxylic acids is 1. The van der Waals surface area contributed by atoms with Crippen molar-refractivity contribution in [3.8, 4) is 0 Å². The number of carboxylic acids is 1. The first-order chi connectivity index (χ1) is 9.04. The van der Waals surface area contributed by atoms with Gasteiger partial charge < -0.3 is 5.11 Å². The highest BCUT2D eigenvalue weighted by atomic mass is 79.9. The number of hydrogen-bond acceptors (Lipinski definition) is 5. The maximum absolute atomic E-state index is 12.1. The molecule has 0 saturated carbocycles. The topological polar surface area (TPSA) is 115 Å². The van der Waals surface area contributed by atoms with E-state index >= 15 is 0 Å². The van der Waals surface area contributed by atoms with Crippen LogP contribution in [0, 0.1) is 0 Å². The SMILES string of the molecule is CC(C(=O)O)n1cc(Br)c(=O)n(CCS(C)(=O)=O)c1=O. The fraction of sp³-hybridized carbons (Fsp3) is 0.500. The zero-order chi connectivity index (χ0) is 15.7. The molecular formula is C10H13BrN2O6S. The number of carboxylic acid groups (broad SMARTS) is 1. The van der Waals surface area contributed by atoms with E-state index in [9.17, 15) is 22.8 Å². The summed E-state index contributed by atoms with van der Waals surface area (Å²) in [5, 5.41) is 8.91. The summed E-state index contributed by atoms with van der Waals surface area (Å²) in [5.41, 5.74) is -1.57. The molecule has 1 atom stereocenters. The summed E-state index contributed by atoms with van der Waals surface area (Å²) in [5.74, 6) is -1.63. The maximum atomic E-state index is 12.1. The third-order valence-corrected chi connectivity index (χ3v) is 4.08. The lowest BCUT2D eigenvalue weighted by molar-refractivity contribution is -0.140. The van der Waals surface area contributed by atoms with E-state index in [2.05, 4.69) is 15.9 Å². The lowest BCUT2D eigenvalue weighted by atomic mass is 10.3. The minimum Gasteiger partial charge on any atom is -0.480 e. The number of sulfone groups is 1. The van der Waals surface area contributed by atoms with Crippen LogP contribution in [0.4, 0.5) is 0 Å². The van der Waals surface area contributed by atoms with Crippen molar-refractivity contribution in [2.45, 2.75) is 19.5 Å². The van der Waals surface area contributed by atoms with Gasteiger partial charge in [-0.1, -0.05) is 0 Å². The first-order valence-corrected chi connectivity index (χ1v) is 8.32. The van der Waals surface area contributed by atoms with Gasteiger partial charge in [-0.05, 0) is 22.9 Å². The van der Waals surface area contributed by atoms with Gasteiger partial charge in [0.2, 0.25) is 0 Å². The predicted molar refractivity (Wildman–Crippen MR) is 74.7 cm³/mol. The van der Waals surface area contributed by atoms with Crippen LogP contribution in [-0.4, -0.2) is 40.6 Å². The second-order valence-corrected chi connectivity index (χ2v) is 7.38. The van der Waals surface area contributed by atoms with Gasteiger partial charge in [0.1, 0.15) is 15.9 Å². The minimum atomic E-state index is -3.36. The molecule has 10 heteroatoms. The summed E-state index contributed by atoms with van der Waals surface area (Å²) in [6.07, 6.45) is 2.06. The van der Waals surface area contributed by atoms with Crippen molar-refractivity contribution in [1.29, 1.82) is 0 Å². The summed E-state index contributed by atoms with van der Waals surface area (Å²) < 4.78 is 23.8. The van der Waals surface area contributed by atoms with E-state index in [4.69, 9.17) is 5.11 Å². The van der Waals surface area contributed by atoms with Gasteiger partial charge in [0.15, 0.2) is 0 Å². The molecule has 1 rings (SSSR count). The van der Waals surface area contributed by atoms with Crippen LogP contribution in [0.5, 0.6) is 0 Å². The van der Waals surface area contributed by atoms with E-state index < -0.39 is 33.1 Å². The van der Waals surface area contributed by atoms with Gasteiger partial charge in [0, 0.05) is 19.0 Å². The number of hydrogen-bond donors (Lipinski definition) is 1. The van der Waals surface area contributed by atoms with Crippen LogP contribution >= 0.6 is 15.9 Å². The summed E-state index contributed by atoms with van der Waals surface area (Å²) in [6, 6.07) is -1.18. The summed E-state index contributed by atoms with van der Waals surface area (Å²) in [7, 11) is -3.36. The Morgan fingerprint density at radius 1 is 1.45 bits per heavy atom. The molecule has 0 spiro atoms. The molecular weight excluding hydrogens is 356 g/mol. The summed E-state index contributed by atoms with van der Waals surface area (Å²) in [4.78, 5) is 34.8. The van der Waals surface area contributed by atoms with Gasteiger partial charge >= 0.3 is 11.7 Å². The smallest absolute Gasteiger partial charge is 0.331 e.